The standard InChI is InChI=1S/C39H38F2N6O3/c1-2-28-31(40)7-4-23-14-27(48)16-29(32(23)28)33-24(17-42)15-30-35(34(33)41)44-37(45-36(30)46-18-25-5-6-26(19-46)43-25)50-21-38(10-11-38)20-47-12-13-49-22-39(47)8-3-9-39/h1,4,7,14-16,25-26,43,48H,3,5-6,8-13,18-22H2. The number of nitrogens with zero attached hydrogens (tertiary/aromatic N) is 5. The van der Waals surface area contributed by atoms with E-state index in [1.54, 1.807) is 6.07 Å². The number of hydrogen-bond acceptors (Lipinski definition) is 9. The van der Waals surface area contributed by atoms with Crippen LogP contribution in [-0.2, 0) is 4.74 Å². The Morgan fingerprint density at radius 1 is 1.10 bits per heavy atom. The van der Waals surface area contributed by atoms with E-state index in [1.807, 2.05) is 0 Å². The number of rotatable bonds is 7. The molecule has 4 aromatic rings. The van der Waals surface area contributed by atoms with Crippen molar-refractivity contribution in [2.45, 2.75) is 62.6 Å². The number of terminal acetylenes is 1. The van der Waals surface area contributed by atoms with E-state index in [9.17, 15) is 10.4 Å². The average molecular weight is 677 g/mol. The fourth-order valence-corrected chi connectivity index (χ4v) is 8.79. The maximum Gasteiger partial charge on any atom is 0.319 e. The van der Waals surface area contributed by atoms with Crippen molar-refractivity contribution >= 4 is 27.5 Å². The predicted molar refractivity (Wildman–Crippen MR) is 185 cm³/mol. The van der Waals surface area contributed by atoms with Crippen LogP contribution >= 0.6 is 0 Å². The maximum absolute atomic E-state index is 17.2. The second-order valence-corrected chi connectivity index (χ2v) is 15.0. The highest BCUT2D eigenvalue weighted by atomic mass is 19.1. The third-order valence-corrected chi connectivity index (χ3v) is 11.8. The predicted octanol–water partition coefficient (Wildman–Crippen LogP) is 5.64. The van der Waals surface area contributed by atoms with Gasteiger partial charge in [0.1, 0.15) is 22.9 Å². The number of piperazine rings is 1. The van der Waals surface area contributed by atoms with Gasteiger partial charge in [0.2, 0.25) is 0 Å². The normalized spacial score (nSPS) is 23.5. The van der Waals surface area contributed by atoms with Crippen molar-refractivity contribution in [2.24, 2.45) is 5.41 Å². The number of phenols is 1. The summed E-state index contributed by atoms with van der Waals surface area (Å²) in [7, 11) is 0. The lowest BCUT2D eigenvalue weighted by Gasteiger charge is -2.53. The Kier molecular flexibility index (Phi) is 7.40. The molecule has 2 unspecified atom stereocenters. The number of ether oxygens (including phenoxy) is 2. The number of aromatic hydroxyl groups is 1. The van der Waals surface area contributed by atoms with E-state index in [0.29, 0.717) is 36.3 Å². The molecular weight excluding hydrogens is 638 g/mol. The van der Waals surface area contributed by atoms with Crippen molar-refractivity contribution in [3.63, 3.8) is 0 Å². The third kappa shape index (κ3) is 5.14. The molecule has 2 saturated carbocycles. The second-order valence-electron chi connectivity index (χ2n) is 15.0. The minimum absolute atomic E-state index is 0.00174. The van der Waals surface area contributed by atoms with E-state index in [4.69, 9.17) is 20.9 Å². The minimum Gasteiger partial charge on any atom is -0.508 e. The van der Waals surface area contributed by atoms with Crippen molar-refractivity contribution in [3.05, 3.63) is 53.1 Å². The monoisotopic (exact) mass is 676 g/mol. The van der Waals surface area contributed by atoms with Gasteiger partial charge in [0, 0.05) is 65.6 Å². The molecule has 4 heterocycles. The summed E-state index contributed by atoms with van der Waals surface area (Å²) in [5.41, 5.74) is 0.0114. The van der Waals surface area contributed by atoms with Crippen LogP contribution in [0.2, 0.25) is 0 Å². The summed E-state index contributed by atoms with van der Waals surface area (Å²) < 4.78 is 44.6. The van der Waals surface area contributed by atoms with Crippen molar-refractivity contribution in [2.75, 3.05) is 50.9 Å². The lowest BCUT2D eigenvalue weighted by atomic mass is 9.74. The Hall–Kier alpha value is -4.55. The molecule has 9 rings (SSSR count). The molecule has 2 bridgehead atoms. The molecule has 5 fully saturated rings. The van der Waals surface area contributed by atoms with E-state index in [1.165, 1.54) is 30.7 Å². The molecule has 3 aromatic carbocycles. The van der Waals surface area contributed by atoms with Crippen LogP contribution < -0.4 is 15.0 Å². The van der Waals surface area contributed by atoms with Crippen LogP contribution in [0.5, 0.6) is 11.8 Å². The highest BCUT2D eigenvalue weighted by Crippen LogP contribution is 2.50. The Balaban J connectivity index is 1.15. The number of nitriles is 1. The molecule has 1 aromatic heterocycles. The number of morpholine rings is 1. The zero-order chi connectivity index (χ0) is 34.2. The van der Waals surface area contributed by atoms with Crippen molar-refractivity contribution < 1.29 is 23.4 Å². The van der Waals surface area contributed by atoms with Gasteiger partial charge < -0.3 is 24.8 Å². The van der Waals surface area contributed by atoms with Crippen molar-refractivity contribution in [3.8, 4) is 41.3 Å². The highest BCUT2D eigenvalue weighted by Gasteiger charge is 2.52. The Labute approximate surface area is 289 Å². The summed E-state index contributed by atoms with van der Waals surface area (Å²) in [5, 5.41) is 25.8. The number of anilines is 1. The van der Waals surface area contributed by atoms with Gasteiger partial charge in [-0.2, -0.15) is 15.2 Å². The molecule has 2 aliphatic carbocycles. The zero-order valence-electron chi connectivity index (χ0n) is 27.8. The maximum atomic E-state index is 17.2. The van der Waals surface area contributed by atoms with Crippen LogP contribution in [0.4, 0.5) is 14.6 Å². The molecule has 2 atom stereocenters. The fraction of sp³-hybridized carbons (Fsp3) is 0.462. The zero-order valence-corrected chi connectivity index (χ0v) is 27.8. The lowest BCUT2D eigenvalue weighted by molar-refractivity contribution is -0.115. The molecule has 0 amide bonds. The molecule has 11 heteroatoms. The van der Waals surface area contributed by atoms with Crippen LogP contribution in [0.1, 0.15) is 56.1 Å². The van der Waals surface area contributed by atoms with Gasteiger partial charge in [-0.15, -0.1) is 6.42 Å². The average Bonchev–Trinajstić information content (AvgIpc) is 3.79. The lowest BCUT2D eigenvalue weighted by Crippen LogP contribution is -2.62. The van der Waals surface area contributed by atoms with E-state index in [0.717, 1.165) is 64.8 Å². The molecule has 1 spiro atoms. The van der Waals surface area contributed by atoms with Crippen molar-refractivity contribution in [1.29, 1.82) is 5.26 Å². The first-order chi connectivity index (χ1) is 24.3. The summed E-state index contributed by atoms with van der Waals surface area (Å²) in [6, 6.07) is 9.82. The molecule has 3 saturated heterocycles. The number of phenolic OH excluding ortho intramolecular Hbond substituents is 1. The molecule has 2 N–H and O–H groups in total. The van der Waals surface area contributed by atoms with Crippen LogP contribution in [0, 0.1) is 40.7 Å². The summed E-state index contributed by atoms with van der Waals surface area (Å²) in [6.07, 6.45) is 13.4. The van der Waals surface area contributed by atoms with Crippen LogP contribution in [0.15, 0.2) is 30.3 Å². The van der Waals surface area contributed by atoms with E-state index >= 15 is 8.78 Å². The Morgan fingerprint density at radius 2 is 1.90 bits per heavy atom. The summed E-state index contributed by atoms with van der Waals surface area (Å²) in [4.78, 5) is 14.3. The molecule has 9 nitrogen and oxygen atoms in total. The van der Waals surface area contributed by atoms with Gasteiger partial charge in [-0.05, 0) is 80.2 Å². The molecule has 3 aliphatic heterocycles. The SMILES string of the molecule is C#Cc1c(F)ccc2cc(O)cc(-c3c(C#N)cc4c(N5CC6CCC(C5)N6)nc(OCC5(CN6CCOCC67CCC7)CC5)nc4c3F)c12. The first kappa shape index (κ1) is 31.4. The first-order valence-corrected chi connectivity index (χ1v) is 17.6. The van der Waals surface area contributed by atoms with Crippen LogP contribution in [0.3, 0.4) is 0 Å². The number of benzene rings is 3. The molecule has 0 radical (unpaired) electrons. The molecule has 256 valence electrons. The van der Waals surface area contributed by atoms with Gasteiger partial charge in [0.25, 0.3) is 0 Å². The Morgan fingerprint density at radius 3 is 2.60 bits per heavy atom. The number of nitrogens with one attached hydrogen (secondary N) is 1. The van der Waals surface area contributed by atoms with Gasteiger partial charge in [-0.1, -0.05) is 12.0 Å². The third-order valence-electron chi connectivity index (χ3n) is 11.8. The molecule has 5 aliphatic rings. The van der Waals surface area contributed by atoms with E-state index in [2.05, 4.69) is 32.1 Å². The first-order valence-electron chi connectivity index (χ1n) is 17.6. The van der Waals surface area contributed by atoms with E-state index in [-0.39, 0.29) is 68.0 Å². The van der Waals surface area contributed by atoms with Crippen LogP contribution in [0.25, 0.3) is 32.8 Å². The number of halogens is 2. The number of aromatic nitrogens is 2. The molecule has 50 heavy (non-hydrogen) atoms. The highest BCUT2D eigenvalue weighted by molar-refractivity contribution is 6.05. The second kappa shape index (κ2) is 11.8. The smallest absolute Gasteiger partial charge is 0.319 e. The van der Waals surface area contributed by atoms with E-state index < -0.39 is 11.6 Å². The summed E-state index contributed by atoms with van der Waals surface area (Å²) in [6.45, 7) is 5.11. The van der Waals surface area contributed by atoms with Gasteiger partial charge in [-0.3, -0.25) is 4.90 Å². The quantitative estimate of drug-likeness (QED) is 0.241. The topological polar surface area (TPSA) is 107 Å². The fourth-order valence-electron chi connectivity index (χ4n) is 8.79. The van der Waals surface area contributed by atoms with Gasteiger partial charge >= 0.3 is 6.01 Å². The summed E-state index contributed by atoms with van der Waals surface area (Å²) in [5.74, 6) is 1.29. The van der Waals surface area contributed by atoms with Gasteiger partial charge in [0.15, 0.2) is 5.82 Å². The van der Waals surface area contributed by atoms with Gasteiger partial charge in [-0.25, -0.2) is 8.78 Å². The largest absolute Gasteiger partial charge is 0.508 e. The van der Waals surface area contributed by atoms with Gasteiger partial charge in [0.05, 0.1) is 37.0 Å². The molecular formula is C39H38F2N6O3. The Bertz CT molecular complexity index is 2120. The number of fused-ring (bicyclic) bond motifs is 4. The minimum atomic E-state index is -0.786. The van der Waals surface area contributed by atoms with Crippen LogP contribution in [-0.4, -0.2) is 83.6 Å². The summed E-state index contributed by atoms with van der Waals surface area (Å²) >= 11 is 0. The van der Waals surface area contributed by atoms with Crippen molar-refractivity contribution in [1.82, 2.24) is 20.2 Å². The number of hydrogen-bond donors (Lipinski definition) is 2.